The van der Waals surface area contributed by atoms with Crippen molar-refractivity contribution < 1.29 is 14.7 Å². The zero-order valence-electron chi connectivity index (χ0n) is 27.8. The van der Waals surface area contributed by atoms with E-state index in [0.717, 1.165) is 89.9 Å². The van der Waals surface area contributed by atoms with Crippen LogP contribution in [0, 0.1) is 40.4 Å². The number of hydrogen-bond donors (Lipinski definition) is 1. The predicted octanol–water partition coefficient (Wildman–Crippen LogP) is 10.9. The largest absolute Gasteiger partial charge is 0.481 e. The molecule has 240 valence electrons. The van der Waals surface area contributed by atoms with Gasteiger partial charge in [-0.25, -0.2) is 0 Å². The zero-order valence-corrected chi connectivity index (χ0v) is 27.8. The van der Waals surface area contributed by atoms with E-state index in [9.17, 15) is 14.7 Å². The van der Waals surface area contributed by atoms with Crippen molar-refractivity contribution in [3.05, 3.63) is 84.6 Å². The van der Waals surface area contributed by atoms with E-state index in [4.69, 9.17) is 0 Å². The average Bonchev–Trinajstić information content (AvgIpc) is 3.32. The van der Waals surface area contributed by atoms with Gasteiger partial charge in [0.05, 0.1) is 5.92 Å². The number of ketones is 1. The Kier molecular flexibility index (Phi) is 12.9. The van der Waals surface area contributed by atoms with Crippen LogP contribution in [-0.2, 0) is 9.59 Å². The van der Waals surface area contributed by atoms with Crippen LogP contribution >= 0.6 is 0 Å². The summed E-state index contributed by atoms with van der Waals surface area (Å²) >= 11 is 0. The van der Waals surface area contributed by atoms with Crippen molar-refractivity contribution >= 4 is 11.8 Å². The number of hydrogen-bond acceptors (Lipinski definition) is 2. The SMILES string of the molecule is CCC=CCC=CCC=CCC=CCC=CCC=CCC(C(=O)O)C1CC[C@@]2(C)C(=CC[C@@H]3[C@@H]2CC[C@]2(C)C(=O)CC[C@@H]32)C1. The van der Waals surface area contributed by atoms with Crippen molar-refractivity contribution in [2.75, 3.05) is 0 Å². The third kappa shape index (κ3) is 8.32. The number of carboxylic acid groups (broad SMARTS) is 1. The highest BCUT2D eigenvalue weighted by Gasteiger charge is 2.58. The first-order chi connectivity index (χ1) is 21.3. The van der Waals surface area contributed by atoms with Crippen molar-refractivity contribution in [2.24, 2.45) is 40.4 Å². The van der Waals surface area contributed by atoms with E-state index in [0.29, 0.717) is 30.0 Å². The Morgan fingerprint density at radius 1 is 0.795 bits per heavy atom. The first-order valence-corrected chi connectivity index (χ1v) is 17.7. The highest BCUT2D eigenvalue weighted by molar-refractivity contribution is 5.87. The van der Waals surface area contributed by atoms with E-state index >= 15 is 0 Å². The molecule has 3 saturated carbocycles. The number of fused-ring (bicyclic) bond motifs is 5. The van der Waals surface area contributed by atoms with Crippen LogP contribution in [0.1, 0.15) is 117 Å². The van der Waals surface area contributed by atoms with Gasteiger partial charge in [-0.3, -0.25) is 9.59 Å². The van der Waals surface area contributed by atoms with Crippen molar-refractivity contribution in [3.63, 3.8) is 0 Å². The molecule has 2 unspecified atom stereocenters. The Labute approximate surface area is 268 Å². The van der Waals surface area contributed by atoms with Crippen LogP contribution in [0.3, 0.4) is 0 Å². The first-order valence-electron chi connectivity index (χ1n) is 17.7. The maximum absolute atomic E-state index is 12.7. The Morgan fingerprint density at radius 2 is 1.32 bits per heavy atom. The lowest BCUT2D eigenvalue weighted by atomic mass is 9.47. The Morgan fingerprint density at radius 3 is 1.89 bits per heavy atom. The molecule has 1 N–H and O–H groups in total. The number of aliphatic carboxylic acids is 1. The Balaban J connectivity index is 1.18. The van der Waals surface area contributed by atoms with E-state index in [-0.39, 0.29) is 22.7 Å². The second-order valence-electron chi connectivity index (χ2n) is 14.3. The van der Waals surface area contributed by atoms with Gasteiger partial charge in [0.15, 0.2) is 0 Å². The first kappa shape index (κ1) is 34.2. The van der Waals surface area contributed by atoms with Crippen LogP contribution in [0.2, 0.25) is 0 Å². The molecule has 3 fully saturated rings. The van der Waals surface area contributed by atoms with Crippen molar-refractivity contribution in [1.29, 1.82) is 0 Å². The molecule has 0 saturated heterocycles. The molecule has 3 nitrogen and oxygen atoms in total. The molecule has 0 aliphatic heterocycles. The summed E-state index contributed by atoms with van der Waals surface area (Å²) in [4.78, 5) is 25.1. The van der Waals surface area contributed by atoms with Gasteiger partial charge in [0, 0.05) is 11.8 Å². The minimum absolute atomic E-state index is 0.0898. The number of Topliss-reactive ketones (excluding diaryl/α,β-unsaturated/α-hetero) is 1. The Hall–Kier alpha value is -2.68. The molecule has 4 aliphatic carbocycles. The summed E-state index contributed by atoms with van der Waals surface area (Å²) in [5.41, 5.74) is 1.62. The molecule has 0 heterocycles. The van der Waals surface area contributed by atoms with Gasteiger partial charge < -0.3 is 5.11 Å². The molecule has 4 aliphatic rings. The normalized spacial score (nSPS) is 33.2. The second kappa shape index (κ2) is 16.6. The van der Waals surface area contributed by atoms with Gasteiger partial charge in [-0.05, 0) is 119 Å². The number of rotatable bonds is 15. The summed E-state index contributed by atoms with van der Waals surface area (Å²) in [6.45, 7) is 6.86. The van der Waals surface area contributed by atoms with Crippen LogP contribution in [-0.4, -0.2) is 16.9 Å². The summed E-state index contributed by atoms with van der Waals surface area (Å²) < 4.78 is 0. The van der Waals surface area contributed by atoms with E-state index in [1.807, 2.05) is 0 Å². The van der Waals surface area contributed by atoms with Crippen LogP contribution in [0.5, 0.6) is 0 Å². The fourth-order valence-corrected chi connectivity index (χ4v) is 9.06. The molecular formula is C41H58O3. The second-order valence-corrected chi connectivity index (χ2v) is 14.3. The minimum Gasteiger partial charge on any atom is -0.481 e. The summed E-state index contributed by atoms with van der Waals surface area (Å²) in [5.74, 6) is 1.57. The molecule has 0 aromatic heterocycles. The van der Waals surface area contributed by atoms with Gasteiger partial charge >= 0.3 is 5.97 Å². The fourth-order valence-electron chi connectivity index (χ4n) is 9.06. The van der Waals surface area contributed by atoms with Gasteiger partial charge in [0.2, 0.25) is 0 Å². The topological polar surface area (TPSA) is 54.4 Å². The van der Waals surface area contributed by atoms with Gasteiger partial charge in [0.25, 0.3) is 0 Å². The van der Waals surface area contributed by atoms with E-state index in [1.54, 1.807) is 0 Å². The quantitative estimate of drug-likeness (QED) is 0.191. The van der Waals surface area contributed by atoms with Gasteiger partial charge in [0.1, 0.15) is 5.78 Å². The Bertz CT molecular complexity index is 1180. The molecular weight excluding hydrogens is 540 g/mol. The molecule has 0 aromatic carbocycles. The highest BCUT2D eigenvalue weighted by atomic mass is 16.4. The van der Waals surface area contributed by atoms with Crippen LogP contribution in [0.15, 0.2) is 84.6 Å². The van der Waals surface area contributed by atoms with Crippen molar-refractivity contribution in [1.82, 2.24) is 0 Å². The number of allylic oxidation sites excluding steroid dienone is 14. The van der Waals surface area contributed by atoms with E-state index in [2.05, 4.69) is 99.8 Å². The molecule has 4 rings (SSSR count). The maximum atomic E-state index is 12.7. The molecule has 0 radical (unpaired) electrons. The molecule has 0 spiro atoms. The third-order valence-corrected chi connectivity index (χ3v) is 11.7. The zero-order chi connectivity index (χ0) is 31.4. The lowest BCUT2D eigenvalue weighted by Gasteiger charge is -2.57. The van der Waals surface area contributed by atoms with Crippen molar-refractivity contribution in [2.45, 2.75) is 117 Å². The smallest absolute Gasteiger partial charge is 0.307 e. The summed E-state index contributed by atoms with van der Waals surface area (Å²) in [6, 6.07) is 0. The fraction of sp³-hybridized carbons (Fsp3) is 0.610. The van der Waals surface area contributed by atoms with E-state index in [1.165, 1.54) is 5.57 Å². The molecule has 44 heavy (non-hydrogen) atoms. The van der Waals surface area contributed by atoms with Gasteiger partial charge in [-0.15, -0.1) is 0 Å². The predicted molar refractivity (Wildman–Crippen MR) is 184 cm³/mol. The number of carbonyl (C=O) groups is 2. The van der Waals surface area contributed by atoms with Crippen LogP contribution in [0.25, 0.3) is 0 Å². The minimum atomic E-state index is -0.648. The molecule has 7 atom stereocenters. The van der Waals surface area contributed by atoms with Gasteiger partial charge in [-0.1, -0.05) is 105 Å². The average molecular weight is 599 g/mol. The van der Waals surface area contributed by atoms with E-state index < -0.39 is 5.97 Å². The summed E-state index contributed by atoms with van der Waals surface area (Å²) in [5, 5.41) is 10.2. The third-order valence-electron chi connectivity index (χ3n) is 11.7. The van der Waals surface area contributed by atoms with Crippen LogP contribution < -0.4 is 0 Å². The summed E-state index contributed by atoms with van der Waals surface area (Å²) in [6.07, 6.45) is 43.4. The molecule has 0 bridgehead atoms. The monoisotopic (exact) mass is 598 g/mol. The van der Waals surface area contributed by atoms with Gasteiger partial charge in [-0.2, -0.15) is 0 Å². The number of carbonyl (C=O) groups excluding carboxylic acids is 1. The van der Waals surface area contributed by atoms with Crippen molar-refractivity contribution in [3.8, 4) is 0 Å². The lowest BCUT2D eigenvalue weighted by Crippen LogP contribution is -2.50. The maximum Gasteiger partial charge on any atom is 0.307 e. The van der Waals surface area contributed by atoms with Crippen LogP contribution in [0.4, 0.5) is 0 Å². The molecule has 0 amide bonds. The summed E-state index contributed by atoms with van der Waals surface area (Å²) in [7, 11) is 0. The highest BCUT2D eigenvalue weighted by Crippen LogP contribution is 2.64. The standard InChI is InChI=1S/C41H58O3/c1-4-5-6-7-8-9-10-11-12-13-14-15-16-17-18-19-20-21-22-34(39(43)44)32-27-29-40(2)33(31-32)23-24-35-36-25-26-38(42)41(36,3)30-28-37(35)40/h5-6,8-9,11-12,14-15,17-18,20-21,23,32,34-37H,4,7,10,13,16,19,22,24-31H2,1-3H3,(H,43,44)/t32?,34?,35-,36-,37-,40-,41-/m0/s1. The number of carboxylic acids is 1. The molecule has 3 heteroatoms. The lowest BCUT2D eigenvalue weighted by molar-refractivity contribution is -0.144. The molecule has 0 aromatic rings.